The van der Waals surface area contributed by atoms with Crippen LogP contribution in [0, 0.1) is 17.5 Å². The number of sulfonamides is 1. The van der Waals surface area contributed by atoms with Crippen LogP contribution >= 0.6 is 11.8 Å². The van der Waals surface area contributed by atoms with Gasteiger partial charge in [0.05, 0.1) is 24.2 Å². The van der Waals surface area contributed by atoms with E-state index in [-0.39, 0.29) is 29.5 Å². The molecule has 0 atom stereocenters. The van der Waals surface area contributed by atoms with Crippen molar-refractivity contribution < 1.29 is 26.4 Å². The summed E-state index contributed by atoms with van der Waals surface area (Å²) in [6, 6.07) is 7.63. The quantitative estimate of drug-likeness (QED) is 0.493. The first-order chi connectivity index (χ1) is 15.0. The van der Waals surface area contributed by atoms with Crippen molar-refractivity contribution in [3.05, 3.63) is 65.7 Å². The highest BCUT2D eigenvalue weighted by molar-refractivity contribution is 7.99. The third-order valence-electron chi connectivity index (χ3n) is 4.20. The Morgan fingerprint density at radius 1 is 1.06 bits per heavy atom. The first-order valence-electron chi connectivity index (χ1n) is 9.03. The normalized spacial score (nSPS) is 11.4. The zero-order valence-electron chi connectivity index (χ0n) is 16.9. The maximum absolute atomic E-state index is 13.2. The number of aromatic nitrogens is 3. The minimum atomic E-state index is -3.71. The summed E-state index contributed by atoms with van der Waals surface area (Å²) in [5, 5.41) is 10.6. The lowest BCUT2D eigenvalue weighted by Gasteiger charge is -2.21. The van der Waals surface area contributed by atoms with Crippen molar-refractivity contribution in [2.75, 3.05) is 21.6 Å². The largest absolute Gasteiger partial charge is 0.325 e. The van der Waals surface area contributed by atoms with Gasteiger partial charge in [-0.2, -0.15) is 0 Å². The third-order valence-corrected chi connectivity index (χ3v) is 6.36. The highest BCUT2D eigenvalue weighted by Crippen LogP contribution is 2.22. The van der Waals surface area contributed by atoms with E-state index in [0.717, 1.165) is 46.6 Å². The molecule has 1 amide bonds. The van der Waals surface area contributed by atoms with E-state index in [1.54, 1.807) is 7.05 Å². The number of carbonyl (C=O) groups excluding carboxylic acids is 1. The number of benzene rings is 2. The molecular formula is C19H18F3N5O3S2. The molecule has 0 aliphatic carbocycles. The van der Waals surface area contributed by atoms with Crippen LogP contribution in [0.5, 0.6) is 0 Å². The van der Waals surface area contributed by atoms with E-state index < -0.39 is 33.4 Å². The molecule has 0 saturated heterocycles. The predicted octanol–water partition coefficient (Wildman–Crippen LogP) is 2.93. The molecule has 0 spiro atoms. The smallest absolute Gasteiger partial charge is 0.234 e. The summed E-state index contributed by atoms with van der Waals surface area (Å²) in [6.45, 7) is -0.163. The summed E-state index contributed by atoms with van der Waals surface area (Å²) in [4.78, 5) is 12.1. The molecule has 0 fully saturated rings. The number of carbonyl (C=O) groups is 1. The third kappa shape index (κ3) is 6.01. The van der Waals surface area contributed by atoms with Gasteiger partial charge in [-0.05, 0) is 36.4 Å². The first-order valence-corrected chi connectivity index (χ1v) is 11.9. The van der Waals surface area contributed by atoms with Crippen molar-refractivity contribution in [3.63, 3.8) is 0 Å². The summed E-state index contributed by atoms with van der Waals surface area (Å²) in [5.74, 6) is -2.50. The maximum atomic E-state index is 13.2. The fraction of sp³-hybridized carbons (Fsp3) is 0.211. The molecule has 3 aromatic rings. The first kappa shape index (κ1) is 23.6. The fourth-order valence-electron chi connectivity index (χ4n) is 2.70. The van der Waals surface area contributed by atoms with Crippen LogP contribution in [0.3, 0.4) is 0 Å². The standard InChI is InChI=1S/C19H18F3N5O3S2/c1-26-17(10-27(32(2,29)30)16-5-3-12(20)4-6-16)24-25-19(26)31-11-18(28)23-15-8-13(21)7-14(22)9-15/h3-9H,10-11H2,1-2H3,(H,23,28). The van der Waals surface area contributed by atoms with Crippen LogP contribution in [-0.2, 0) is 28.4 Å². The van der Waals surface area contributed by atoms with Crippen LogP contribution in [0.15, 0.2) is 47.6 Å². The number of hydrogen-bond donors (Lipinski definition) is 1. The van der Waals surface area contributed by atoms with Crippen LogP contribution in [0.2, 0.25) is 0 Å². The second-order valence-corrected chi connectivity index (χ2v) is 9.55. The maximum Gasteiger partial charge on any atom is 0.234 e. The summed E-state index contributed by atoms with van der Waals surface area (Å²) >= 11 is 1.01. The zero-order valence-corrected chi connectivity index (χ0v) is 18.6. The lowest BCUT2D eigenvalue weighted by Crippen LogP contribution is -2.30. The van der Waals surface area contributed by atoms with Crippen LogP contribution in [0.25, 0.3) is 0 Å². The number of thioether (sulfide) groups is 1. The minimum absolute atomic E-state index is 0.0187. The molecule has 0 saturated carbocycles. The Bertz CT molecular complexity index is 1210. The van der Waals surface area contributed by atoms with Gasteiger partial charge in [0.2, 0.25) is 15.9 Å². The van der Waals surface area contributed by atoms with Crippen molar-refractivity contribution in [1.82, 2.24) is 14.8 Å². The summed E-state index contributed by atoms with van der Waals surface area (Å²) in [5.41, 5.74) is 0.239. The Balaban J connectivity index is 1.68. The Labute approximate surface area is 186 Å². The molecule has 0 aliphatic rings. The van der Waals surface area contributed by atoms with Gasteiger partial charge in [0.1, 0.15) is 17.5 Å². The monoisotopic (exact) mass is 485 g/mol. The number of nitrogens with one attached hydrogen (secondary N) is 1. The number of hydrogen-bond acceptors (Lipinski definition) is 6. The van der Waals surface area contributed by atoms with Gasteiger partial charge in [-0.1, -0.05) is 11.8 Å². The Morgan fingerprint density at radius 3 is 2.28 bits per heavy atom. The molecule has 0 aliphatic heterocycles. The lowest BCUT2D eigenvalue weighted by molar-refractivity contribution is -0.113. The molecule has 1 N–H and O–H groups in total. The number of anilines is 2. The van der Waals surface area contributed by atoms with E-state index in [1.165, 1.54) is 16.7 Å². The number of halogens is 3. The van der Waals surface area contributed by atoms with Gasteiger partial charge in [0.25, 0.3) is 0 Å². The van der Waals surface area contributed by atoms with Crippen molar-refractivity contribution in [2.24, 2.45) is 7.05 Å². The van der Waals surface area contributed by atoms with Gasteiger partial charge in [0, 0.05) is 18.8 Å². The van der Waals surface area contributed by atoms with Crippen LogP contribution in [0.4, 0.5) is 24.5 Å². The molecule has 0 unspecified atom stereocenters. The summed E-state index contributed by atoms with van der Waals surface area (Å²) in [6.07, 6.45) is 1.02. The van der Waals surface area contributed by atoms with Gasteiger partial charge in [-0.25, -0.2) is 21.6 Å². The van der Waals surface area contributed by atoms with Gasteiger partial charge in [-0.3, -0.25) is 9.10 Å². The SMILES string of the molecule is Cn1c(CN(c2ccc(F)cc2)S(C)(=O)=O)nnc1SCC(=O)Nc1cc(F)cc(F)c1. The Hall–Kier alpha value is -3.06. The second-order valence-electron chi connectivity index (χ2n) is 6.70. The van der Waals surface area contributed by atoms with Gasteiger partial charge in [0.15, 0.2) is 11.0 Å². The number of rotatable bonds is 8. The number of nitrogens with zero attached hydrogens (tertiary/aromatic N) is 4. The molecule has 3 rings (SSSR count). The lowest BCUT2D eigenvalue weighted by atomic mass is 10.3. The highest BCUT2D eigenvalue weighted by atomic mass is 32.2. The molecule has 1 heterocycles. The average molecular weight is 486 g/mol. The zero-order chi connectivity index (χ0) is 23.5. The van der Waals surface area contributed by atoms with E-state index >= 15 is 0 Å². The topological polar surface area (TPSA) is 97.2 Å². The molecule has 2 aromatic carbocycles. The van der Waals surface area contributed by atoms with Crippen molar-refractivity contribution in [2.45, 2.75) is 11.7 Å². The molecule has 13 heteroatoms. The second kappa shape index (κ2) is 9.61. The van der Waals surface area contributed by atoms with E-state index in [2.05, 4.69) is 15.5 Å². The average Bonchev–Trinajstić information content (AvgIpc) is 3.03. The molecule has 170 valence electrons. The molecule has 32 heavy (non-hydrogen) atoms. The van der Waals surface area contributed by atoms with Crippen molar-refractivity contribution in [1.29, 1.82) is 0 Å². The Kier molecular flexibility index (Phi) is 7.09. The molecule has 0 bridgehead atoms. The van der Waals surface area contributed by atoms with Crippen LogP contribution < -0.4 is 9.62 Å². The van der Waals surface area contributed by atoms with Gasteiger partial charge in [-0.15, -0.1) is 10.2 Å². The van der Waals surface area contributed by atoms with Crippen LogP contribution in [0.1, 0.15) is 5.82 Å². The summed E-state index contributed by atoms with van der Waals surface area (Å²) in [7, 11) is -2.11. The van der Waals surface area contributed by atoms with Crippen molar-refractivity contribution >= 4 is 39.1 Å². The molecule has 8 nitrogen and oxygen atoms in total. The fourth-order valence-corrected chi connectivity index (χ4v) is 4.28. The number of amides is 1. The molecular weight excluding hydrogens is 467 g/mol. The van der Waals surface area contributed by atoms with E-state index in [9.17, 15) is 26.4 Å². The molecule has 0 radical (unpaired) electrons. The van der Waals surface area contributed by atoms with Crippen molar-refractivity contribution in [3.8, 4) is 0 Å². The van der Waals surface area contributed by atoms with Gasteiger partial charge >= 0.3 is 0 Å². The van der Waals surface area contributed by atoms with E-state index in [4.69, 9.17) is 0 Å². The Morgan fingerprint density at radius 2 is 1.69 bits per heavy atom. The summed E-state index contributed by atoms with van der Waals surface area (Å²) < 4.78 is 66.7. The van der Waals surface area contributed by atoms with E-state index in [0.29, 0.717) is 11.2 Å². The minimum Gasteiger partial charge on any atom is -0.325 e. The van der Waals surface area contributed by atoms with E-state index in [1.807, 2.05) is 0 Å². The highest BCUT2D eigenvalue weighted by Gasteiger charge is 2.22. The van der Waals surface area contributed by atoms with Gasteiger partial charge < -0.3 is 9.88 Å². The predicted molar refractivity (Wildman–Crippen MR) is 114 cm³/mol. The van der Waals surface area contributed by atoms with Crippen LogP contribution in [-0.4, -0.2) is 41.1 Å². The molecule has 1 aromatic heterocycles.